The van der Waals surface area contributed by atoms with Gasteiger partial charge in [0.25, 0.3) is 0 Å². The maximum atomic E-state index is 11.5. The van der Waals surface area contributed by atoms with Crippen LogP contribution in [0.15, 0.2) is 24.3 Å². The summed E-state index contributed by atoms with van der Waals surface area (Å²) < 4.78 is 5.45. The van der Waals surface area contributed by atoms with Crippen LogP contribution in [0.4, 0.5) is 0 Å². The number of ether oxygens (including phenoxy) is 1. The van der Waals surface area contributed by atoms with Gasteiger partial charge in [-0.3, -0.25) is 4.79 Å². The molecule has 0 bridgehead atoms. The Hall–Kier alpha value is -1.55. The van der Waals surface area contributed by atoms with Crippen LogP contribution in [0.3, 0.4) is 0 Å². The molecule has 0 spiro atoms. The highest BCUT2D eigenvalue weighted by Gasteiger charge is 2.07. The molecule has 1 rings (SSSR count). The van der Waals surface area contributed by atoms with Crippen LogP contribution < -0.4 is 4.74 Å². The molecule has 0 atom stereocenters. The normalized spacial score (nSPS) is 10.1. The molecule has 17 heavy (non-hydrogen) atoms. The molecular formula is C13H19NO3. The molecule has 1 amide bonds. The van der Waals surface area contributed by atoms with Gasteiger partial charge in [-0.15, -0.1) is 0 Å². The van der Waals surface area contributed by atoms with E-state index in [1.165, 1.54) is 10.5 Å². The minimum atomic E-state index is -0.0221. The van der Waals surface area contributed by atoms with E-state index in [-0.39, 0.29) is 12.5 Å². The topological polar surface area (TPSA) is 49.8 Å². The molecule has 0 radical (unpaired) electrons. The zero-order chi connectivity index (χ0) is 12.7. The van der Waals surface area contributed by atoms with Gasteiger partial charge in [-0.2, -0.15) is 0 Å². The lowest BCUT2D eigenvalue weighted by atomic mass is 10.2. The zero-order valence-electron chi connectivity index (χ0n) is 10.3. The van der Waals surface area contributed by atoms with Crippen molar-refractivity contribution in [2.45, 2.75) is 13.3 Å². The first-order valence-electron chi connectivity index (χ1n) is 5.68. The number of carbonyl (C=O) groups is 1. The Morgan fingerprint density at radius 3 is 2.59 bits per heavy atom. The molecule has 0 aliphatic heterocycles. The number of hydrogen-bond donors (Lipinski definition) is 1. The van der Waals surface area contributed by atoms with E-state index in [9.17, 15) is 4.79 Å². The molecule has 0 saturated heterocycles. The molecule has 4 nitrogen and oxygen atoms in total. The third-order valence-electron chi connectivity index (χ3n) is 2.47. The lowest BCUT2D eigenvalue weighted by Gasteiger charge is -2.15. The number of benzene rings is 1. The molecule has 94 valence electrons. The highest BCUT2D eigenvalue weighted by atomic mass is 16.5. The summed E-state index contributed by atoms with van der Waals surface area (Å²) in [4.78, 5) is 13.0. The maximum absolute atomic E-state index is 11.5. The standard InChI is InChI=1S/C13H19NO3/c1-11-3-5-12(6-4-11)17-10-7-13(16)14(2)8-9-15/h3-6,15H,7-10H2,1-2H3. The smallest absolute Gasteiger partial charge is 0.225 e. The van der Waals surface area contributed by atoms with Crippen LogP contribution >= 0.6 is 0 Å². The van der Waals surface area contributed by atoms with E-state index in [1.54, 1.807) is 7.05 Å². The molecule has 0 aliphatic rings. The number of rotatable bonds is 6. The Bertz CT molecular complexity index is 348. The summed E-state index contributed by atoms with van der Waals surface area (Å²) in [5.74, 6) is 0.749. The van der Waals surface area contributed by atoms with E-state index in [0.29, 0.717) is 19.6 Å². The number of nitrogens with zero attached hydrogens (tertiary/aromatic N) is 1. The fourth-order valence-electron chi connectivity index (χ4n) is 1.36. The highest BCUT2D eigenvalue weighted by Crippen LogP contribution is 2.11. The number of aliphatic hydroxyl groups excluding tert-OH is 1. The zero-order valence-corrected chi connectivity index (χ0v) is 10.3. The summed E-state index contributed by atoms with van der Waals surface area (Å²) >= 11 is 0. The molecule has 1 N–H and O–H groups in total. The van der Waals surface area contributed by atoms with Crippen molar-refractivity contribution in [1.82, 2.24) is 4.90 Å². The Labute approximate surface area is 102 Å². The van der Waals surface area contributed by atoms with Crippen molar-refractivity contribution in [2.75, 3.05) is 26.8 Å². The van der Waals surface area contributed by atoms with Crippen molar-refractivity contribution in [1.29, 1.82) is 0 Å². The van der Waals surface area contributed by atoms with Gasteiger partial charge in [0.1, 0.15) is 5.75 Å². The second-order valence-electron chi connectivity index (χ2n) is 3.95. The van der Waals surface area contributed by atoms with Gasteiger partial charge in [0.2, 0.25) is 5.91 Å². The molecular weight excluding hydrogens is 218 g/mol. The maximum Gasteiger partial charge on any atom is 0.225 e. The van der Waals surface area contributed by atoms with E-state index >= 15 is 0 Å². The van der Waals surface area contributed by atoms with Crippen LogP contribution in [0.5, 0.6) is 5.75 Å². The van der Waals surface area contributed by atoms with E-state index in [2.05, 4.69) is 0 Å². The average molecular weight is 237 g/mol. The number of aliphatic hydroxyl groups is 1. The summed E-state index contributed by atoms with van der Waals surface area (Å²) in [5.41, 5.74) is 1.18. The van der Waals surface area contributed by atoms with E-state index in [1.807, 2.05) is 31.2 Å². The fraction of sp³-hybridized carbons (Fsp3) is 0.462. The van der Waals surface area contributed by atoms with E-state index in [4.69, 9.17) is 9.84 Å². The van der Waals surface area contributed by atoms with Gasteiger partial charge >= 0.3 is 0 Å². The van der Waals surface area contributed by atoms with E-state index in [0.717, 1.165) is 5.75 Å². The van der Waals surface area contributed by atoms with Crippen LogP contribution in [0.1, 0.15) is 12.0 Å². The highest BCUT2D eigenvalue weighted by molar-refractivity contribution is 5.75. The van der Waals surface area contributed by atoms with Crippen molar-refractivity contribution in [2.24, 2.45) is 0 Å². The monoisotopic (exact) mass is 237 g/mol. The van der Waals surface area contributed by atoms with Crippen LogP contribution in [0.2, 0.25) is 0 Å². The van der Waals surface area contributed by atoms with Gasteiger partial charge in [0.15, 0.2) is 0 Å². The molecule has 0 saturated carbocycles. The van der Waals surface area contributed by atoms with Gasteiger partial charge in [0.05, 0.1) is 19.6 Å². The number of likely N-dealkylation sites (N-methyl/N-ethyl adjacent to an activating group) is 1. The number of carbonyl (C=O) groups excluding carboxylic acids is 1. The minimum absolute atomic E-state index is 0.0128. The Morgan fingerprint density at radius 2 is 2.00 bits per heavy atom. The van der Waals surface area contributed by atoms with Gasteiger partial charge in [-0.25, -0.2) is 0 Å². The Morgan fingerprint density at radius 1 is 1.35 bits per heavy atom. The van der Waals surface area contributed by atoms with E-state index < -0.39 is 0 Å². The summed E-state index contributed by atoms with van der Waals surface area (Å²) in [6.45, 7) is 2.72. The molecule has 0 aromatic heterocycles. The average Bonchev–Trinajstić information content (AvgIpc) is 2.32. The first-order valence-corrected chi connectivity index (χ1v) is 5.68. The third-order valence-corrected chi connectivity index (χ3v) is 2.47. The molecule has 0 aliphatic carbocycles. The number of aryl methyl sites for hydroxylation is 1. The quantitative estimate of drug-likeness (QED) is 0.809. The molecule has 0 fully saturated rings. The van der Waals surface area contributed by atoms with Crippen LogP contribution in [0.25, 0.3) is 0 Å². The number of hydrogen-bond acceptors (Lipinski definition) is 3. The molecule has 0 heterocycles. The SMILES string of the molecule is Cc1ccc(OCCC(=O)N(C)CCO)cc1. The van der Waals surface area contributed by atoms with Crippen LogP contribution in [0, 0.1) is 6.92 Å². The van der Waals surface area contributed by atoms with Crippen molar-refractivity contribution < 1.29 is 14.6 Å². The van der Waals surface area contributed by atoms with Gasteiger partial charge in [-0.05, 0) is 19.1 Å². The molecule has 0 unspecified atom stereocenters. The van der Waals surface area contributed by atoms with Crippen molar-refractivity contribution in [3.63, 3.8) is 0 Å². The van der Waals surface area contributed by atoms with Crippen molar-refractivity contribution >= 4 is 5.91 Å². The van der Waals surface area contributed by atoms with Gasteiger partial charge in [-0.1, -0.05) is 17.7 Å². The summed E-state index contributed by atoms with van der Waals surface area (Å²) in [7, 11) is 1.67. The summed E-state index contributed by atoms with van der Waals surface area (Å²) in [6.07, 6.45) is 0.324. The number of amides is 1. The summed E-state index contributed by atoms with van der Waals surface area (Å²) in [6, 6.07) is 7.71. The Balaban J connectivity index is 2.28. The molecule has 4 heteroatoms. The predicted molar refractivity (Wildman–Crippen MR) is 66.0 cm³/mol. The van der Waals surface area contributed by atoms with Gasteiger partial charge < -0.3 is 14.7 Å². The lowest BCUT2D eigenvalue weighted by molar-refractivity contribution is -0.130. The Kier molecular flexibility index (Phi) is 5.49. The first-order chi connectivity index (χ1) is 8.13. The van der Waals surface area contributed by atoms with Crippen LogP contribution in [-0.4, -0.2) is 42.7 Å². The third kappa shape index (κ3) is 4.87. The second kappa shape index (κ2) is 6.91. The lowest BCUT2D eigenvalue weighted by Crippen LogP contribution is -2.30. The molecule has 1 aromatic carbocycles. The molecule has 1 aromatic rings. The first kappa shape index (κ1) is 13.5. The minimum Gasteiger partial charge on any atom is -0.493 e. The van der Waals surface area contributed by atoms with Crippen molar-refractivity contribution in [3.05, 3.63) is 29.8 Å². The van der Waals surface area contributed by atoms with Crippen molar-refractivity contribution in [3.8, 4) is 5.75 Å². The predicted octanol–water partition coefficient (Wildman–Crippen LogP) is 1.21. The second-order valence-corrected chi connectivity index (χ2v) is 3.95. The van der Waals surface area contributed by atoms with Crippen LogP contribution in [-0.2, 0) is 4.79 Å². The summed E-state index contributed by atoms with van der Waals surface area (Å²) in [5, 5.41) is 8.69. The van der Waals surface area contributed by atoms with Gasteiger partial charge in [0, 0.05) is 13.6 Å². The fourth-order valence-corrected chi connectivity index (χ4v) is 1.36. The largest absolute Gasteiger partial charge is 0.493 e.